The molecule has 1 saturated heterocycles. The highest BCUT2D eigenvalue weighted by Gasteiger charge is 2.20. The van der Waals surface area contributed by atoms with E-state index in [1.807, 2.05) is 4.90 Å². The number of rotatable bonds is 6. The van der Waals surface area contributed by atoms with Gasteiger partial charge >= 0.3 is 0 Å². The lowest BCUT2D eigenvalue weighted by molar-refractivity contribution is -0.132. The fourth-order valence-corrected chi connectivity index (χ4v) is 2.52. The molecule has 1 aromatic rings. The maximum atomic E-state index is 12.3. The Labute approximate surface area is 114 Å². The van der Waals surface area contributed by atoms with Crippen LogP contribution in [0, 0.1) is 5.92 Å². The summed E-state index contributed by atoms with van der Waals surface area (Å²) in [5.74, 6) is 0.776. The Morgan fingerprint density at radius 2 is 2.26 bits per heavy atom. The van der Waals surface area contributed by atoms with Gasteiger partial charge in [-0.15, -0.1) is 5.10 Å². The van der Waals surface area contributed by atoms with Crippen molar-refractivity contribution in [2.75, 3.05) is 26.2 Å². The van der Waals surface area contributed by atoms with Crippen molar-refractivity contribution in [3.05, 3.63) is 12.4 Å². The molecule has 0 atom stereocenters. The molecule has 0 unspecified atom stereocenters. The summed E-state index contributed by atoms with van der Waals surface area (Å²) in [4.78, 5) is 14.3. The quantitative estimate of drug-likeness (QED) is 0.814. The number of amides is 1. The second-order valence-corrected chi connectivity index (χ2v) is 5.13. The number of carbonyl (C=O) groups is 1. The number of hydrogen-bond acceptors (Lipinski definition) is 4. The van der Waals surface area contributed by atoms with Gasteiger partial charge < -0.3 is 10.2 Å². The Morgan fingerprint density at radius 3 is 2.89 bits per heavy atom. The van der Waals surface area contributed by atoms with Crippen LogP contribution in [0.2, 0.25) is 0 Å². The number of hydrogen-bond donors (Lipinski definition) is 1. The maximum Gasteiger partial charge on any atom is 0.244 e. The first-order chi connectivity index (χ1) is 9.29. The molecule has 6 heteroatoms. The maximum absolute atomic E-state index is 12.3. The molecule has 106 valence electrons. The topological polar surface area (TPSA) is 63.1 Å². The minimum atomic E-state index is 0.144. The fourth-order valence-electron chi connectivity index (χ4n) is 2.52. The van der Waals surface area contributed by atoms with Crippen molar-refractivity contribution in [1.82, 2.24) is 25.2 Å². The minimum Gasteiger partial charge on any atom is -0.341 e. The van der Waals surface area contributed by atoms with Crippen molar-refractivity contribution >= 4 is 5.91 Å². The third-order valence-corrected chi connectivity index (χ3v) is 3.55. The second-order valence-electron chi connectivity index (χ2n) is 5.13. The second kappa shape index (κ2) is 7.23. The molecule has 2 rings (SSSR count). The molecule has 0 bridgehead atoms. The minimum absolute atomic E-state index is 0.144. The summed E-state index contributed by atoms with van der Waals surface area (Å²) in [7, 11) is 0. The zero-order valence-electron chi connectivity index (χ0n) is 11.6. The molecular weight excluding hydrogens is 242 g/mol. The van der Waals surface area contributed by atoms with Gasteiger partial charge in [0.1, 0.15) is 6.54 Å². The Bertz CT molecular complexity index is 372. The standard InChI is InChI=1S/C13H23N5O/c1-2-8-17(10-12-3-5-14-6-4-12)13(19)11-18-9-7-15-16-18/h7,9,12,14H,2-6,8,10-11H2,1H3. The average molecular weight is 265 g/mol. The third-order valence-electron chi connectivity index (χ3n) is 3.55. The predicted molar refractivity (Wildman–Crippen MR) is 72.5 cm³/mol. The van der Waals surface area contributed by atoms with E-state index >= 15 is 0 Å². The zero-order chi connectivity index (χ0) is 13.5. The Balaban J connectivity index is 1.88. The van der Waals surface area contributed by atoms with E-state index in [1.54, 1.807) is 17.1 Å². The van der Waals surface area contributed by atoms with Gasteiger partial charge in [0, 0.05) is 19.3 Å². The van der Waals surface area contributed by atoms with E-state index in [0.29, 0.717) is 12.5 Å². The summed E-state index contributed by atoms with van der Waals surface area (Å²) in [5.41, 5.74) is 0. The van der Waals surface area contributed by atoms with Crippen molar-refractivity contribution in [3.8, 4) is 0 Å². The van der Waals surface area contributed by atoms with Crippen LogP contribution in [0.1, 0.15) is 26.2 Å². The summed E-state index contributed by atoms with van der Waals surface area (Å²) in [6.45, 7) is 6.26. The van der Waals surface area contributed by atoms with E-state index in [9.17, 15) is 4.79 Å². The third kappa shape index (κ3) is 4.31. The highest BCUT2D eigenvalue weighted by molar-refractivity contribution is 5.75. The Hall–Kier alpha value is -1.43. The van der Waals surface area contributed by atoms with Crippen molar-refractivity contribution < 1.29 is 4.79 Å². The zero-order valence-corrected chi connectivity index (χ0v) is 11.6. The van der Waals surface area contributed by atoms with Crippen LogP contribution < -0.4 is 5.32 Å². The summed E-state index contributed by atoms with van der Waals surface area (Å²) in [6.07, 6.45) is 6.65. The van der Waals surface area contributed by atoms with Crippen LogP contribution >= 0.6 is 0 Å². The SMILES string of the molecule is CCCN(CC1CCNCC1)C(=O)Cn1ccnn1. The van der Waals surface area contributed by atoms with Crippen LogP contribution in [0.15, 0.2) is 12.4 Å². The molecule has 0 aromatic carbocycles. The van der Waals surface area contributed by atoms with Gasteiger partial charge in [0.15, 0.2) is 0 Å². The number of piperidine rings is 1. The number of nitrogens with zero attached hydrogens (tertiary/aromatic N) is 4. The van der Waals surface area contributed by atoms with Crippen LogP contribution in [0.4, 0.5) is 0 Å². The largest absolute Gasteiger partial charge is 0.341 e. The van der Waals surface area contributed by atoms with Crippen molar-refractivity contribution in [3.63, 3.8) is 0 Å². The molecular formula is C13H23N5O. The fraction of sp³-hybridized carbons (Fsp3) is 0.769. The Morgan fingerprint density at radius 1 is 1.47 bits per heavy atom. The highest BCUT2D eigenvalue weighted by Crippen LogP contribution is 2.14. The van der Waals surface area contributed by atoms with Crippen molar-refractivity contribution in [2.24, 2.45) is 5.92 Å². The monoisotopic (exact) mass is 265 g/mol. The van der Waals surface area contributed by atoms with E-state index in [2.05, 4.69) is 22.6 Å². The molecule has 2 heterocycles. The smallest absolute Gasteiger partial charge is 0.244 e. The van der Waals surface area contributed by atoms with Crippen LogP contribution in [-0.4, -0.2) is 52.0 Å². The van der Waals surface area contributed by atoms with E-state index < -0.39 is 0 Å². The first-order valence-corrected chi connectivity index (χ1v) is 7.12. The number of nitrogens with one attached hydrogen (secondary N) is 1. The van der Waals surface area contributed by atoms with Gasteiger partial charge in [0.05, 0.1) is 6.20 Å². The summed E-state index contributed by atoms with van der Waals surface area (Å²) < 4.78 is 1.59. The molecule has 0 saturated carbocycles. The van der Waals surface area contributed by atoms with Gasteiger partial charge in [0.25, 0.3) is 0 Å². The lowest BCUT2D eigenvalue weighted by atomic mass is 9.97. The average Bonchev–Trinajstić information content (AvgIpc) is 2.92. The van der Waals surface area contributed by atoms with Crippen LogP contribution in [0.25, 0.3) is 0 Å². The molecule has 1 aliphatic heterocycles. The molecule has 19 heavy (non-hydrogen) atoms. The summed E-state index contributed by atoms with van der Waals surface area (Å²) in [5, 5.41) is 10.9. The van der Waals surface area contributed by atoms with Crippen molar-refractivity contribution in [2.45, 2.75) is 32.7 Å². The van der Waals surface area contributed by atoms with Crippen molar-refractivity contribution in [1.29, 1.82) is 0 Å². The lowest BCUT2D eigenvalue weighted by Crippen LogP contribution is -2.41. The molecule has 1 aliphatic rings. The lowest BCUT2D eigenvalue weighted by Gasteiger charge is -2.30. The van der Waals surface area contributed by atoms with Gasteiger partial charge in [-0.3, -0.25) is 4.79 Å². The normalized spacial score (nSPS) is 16.5. The first-order valence-electron chi connectivity index (χ1n) is 7.12. The van der Waals surface area contributed by atoms with Gasteiger partial charge in [-0.25, -0.2) is 4.68 Å². The molecule has 0 spiro atoms. The van der Waals surface area contributed by atoms with E-state index in [0.717, 1.165) is 45.4 Å². The van der Waals surface area contributed by atoms with E-state index in [4.69, 9.17) is 0 Å². The van der Waals surface area contributed by atoms with Crippen LogP contribution in [0.3, 0.4) is 0 Å². The van der Waals surface area contributed by atoms with Gasteiger partial charge in [0.2, 0.25) is 5.91 Å². The van der Waals surface area contributed by atoms with Crippen LogP contribution in [0.5, 0.6) is 0 Å². The van der Waals surface area contributed by atoms with Gasteiger partial charge in [-0.1, -0.05) is 12.1 Å². The number of carbonyl (C=O) groups excluding carboxylic acids is 1. The molecule has 1 fully saturated rings. The molecule has 1 aromatic heterocycles. The Kier molecular flexibility index (Phi) is 5.32. The highest BCUT2D eigenvalue weighted by atomic mass is 16.2. The van der Waals surface area contributed by atoms with Gasteiger partial charge in [-0.05, 0) is 38.3 Å². The summed E-state index contributed by atoms with van der Waals surface area (Å²) in [6, 6.07) is 0. The van der Waals surface area contributed by atoms with E-state index in [1.165, 1.54) is 0 Å². The predicted octanol–water partition coefficient (Wildman–Crippen LogP) is 0.516. The van der Waals surface area contributed by atoms with Gasteiger partial charge in [-0.2, -0.15) is 0 Å². The molecule has 0 aliphatic carbocycles. The number of aromatic nitrogens is 3. The molecule has 1 amide bonds. The molecule has 0 radical (unpaired) electrons. The molecule has 6 nitrogen and oxygen atoms in total. The van der Waals surface area contributed by atoms with E-state index in [-0.39, 0.29) is 5.91 Å². The molecule has 1 N–H and O–H groups in total. The first kappa shape index (κ1) is 14.0. The van der Waals surface area contributed by atoms with Crippen LogP contribution in [-0.2, 0) is 11.3 Å². The summed E-state index contributed by atoms with van der Waals surface area (Å²) >= 11 is 0.